The summed E-state index contributed by atoms with van der Waals surface area (Å²) in [6.45, 7) is 7.63. The van der Waals surface area contributed by atoms with Crippen molar-refractivity contribution in [2.45, 2.75) is 13.8 Å². The van der Waals surface area contributed by atoms with E-state index in [0.717, 1.165) is 18.8 Å². The summed E-state index contributed by atoms with van der Waals surface area (Å²) in [6.07, 6.45) is 1.45. The van der Waals surface area contributed by atoms with Crippen LogP contribution < -0.4 is 19.7 Å². The molecule has 2 heterocycles. The molecule has 0 atom stereocenters. The third-order valence-corrected chi connectivity index (χ3v) is 5.01. The van der Waals surface area contributed by atoms with E-state index in [9.17, 15) is 4.79 Å². The van der Waals surface area contributed by atoms with E-state index < -0.39 is 0 Å². The molecule has 1 aromatic heterocycles. The lowest BCUT2D eigenvalue weighted by molar-refractivity contribution is 0.102. The van der Waals surface area contributed by atoms with Crippen LogP contribution in [0.15, 0.2) is 42.7 Å². The van der Waals surface area contributed by atoms with Crippen LogP contribution in [-0.4, -0.2) is 65.6 Å². The van der Waals surface area contributed by atoms with Gasteiger partial charge >= 0.3 is 0 Å². The van der Waals surface area contributed by atoms with Gasteiger partial charge in [0.15, 0.2) is 0 Å². The number of nitrogens with zero attached hydrogens (tertiary/aromatic N) is 5. The Bertz CT molecular complexity index is 1050. The zero-order valence-electron chi connectivity index (χ0n) is 18.2. The quantitative estimate of drug-likeness (QED) is 0.572. The summed E-state index contributed by atoms with van der Waals surface area (Å²) in [5.74, 6) is 0.950. The van der Waals surface area contributed by atoms with Crippen molar-refractivity contribution in [3.05, 3.63) is 48.3 Å². The Kier molecular flexibility index (Phi) is 6.81. The maximum absolute atomic E-state index is 13.2. The van der Waals surface area contributed by atoms with Crippen molar-refractivity contribution in [3.63, 3.8) is 0 Å². The van der Waals surface area contributed by atoms with E-state index in [1.165, 1.54) is 11.0 Å². The first-order chi connectivity index (χ1) is 15.7. The Labute approximate surface area is 186 Å². The van der Waals surface area contributed by atoms with Crippen molar-refractivity contribution in [1.82, 2.24) is 20.2 Å². The maximum Gasteiger partial charge on any atom is 0.257 e. The van der Waals surface area contributed by atoms with Crippen LogP contribution >= 0.6 is 0 Å². The number of ether oxygens (including phenoxy) is 3. The van der Waals surface area contributed by atoms with Gasteiger partial charge in [-0.3, -0.25) is 4.79 Å². The van der Waals surface area contributed by atoms with Gasteiger partial charge in [-0.15, -0.1) is 5.10 Å². The van der Waals surface area contributed by atoms with E-state index in [1.807, 2.05) is 32.0 Å². The van der Waals surface area contributed by atoms with Gasteiger partial charge in [0.25, 0.3) is 5.91 Å². The molecular formula is C22H26N6O4. The summed E-state index contributed by atoms with van der Waals surface area (Å²) < 4.78 is 18.7. The topological polar surface area (TPSA) is 104 Å². The van der Waals surface area contributed by atoms with Gasteiger partial charge in [0.1, 0.15) is 17.8 Å². The van der Waals surface area contributed by atoms with Crippen molar-refractivity contribution < 1.29 is 19.0 Å². The van der Waals surface area contributed by atoms with Crippen molar-refractivity contribution in [2.24, 2.45) is 0 Å². The highest BCUT2D eigenvalue weighted by Crippen LogP contribution is 2.39. The van der Waals surface area contributed by atoms with E-state index in [2.05, 4.69) is 25.7 Å². The molecule has 0 aliphatic carbocycles. The largest absolute Gasteiger partial charge is 0.492 e. The minimum absolute atomic E-state index is 0.307. The predicted molar refractivity (Wildman–Crippen MR) is 119 cm³/mol. The third kappa shape index (κ3) is 4.65. The summed E-state index contributed by atoms with van der Waals surface area (Å²) >= 11 is 0. The molecule has 1 saturated heterocycles. The Morgan fingerprint density at radius 3 is 2.53 bits per heavy atom. The molecule has 0 unspecified atom stereocenters. The molecule has 1 fully saturated rings. The second-order valence-corrected chi connectivity index (χ2v) is 7.01. The number of hydrogen-bond acceptors (Lipinski definition) is 8. The molecule has 0 bridgehead atoms. The second kappa shape index (κ2) is 10.1. The molecule has 1 N–H and O–H groups in total. The monoisotopic (exact) mass is 438 g/mol. The van der Waals surface area contributed by atoms with Gasteiger partial charge in [0.05, 0.1) is 49.1 Å². The summed E-state index contributed by atoms with van der Waals surface area (Å²) in [5.41, 5.74) is 2.45. The van der Waals surface area contributed by atoms with Gasteiger partial charge in [0, 0.05) is 25.2 Å². The van der Waals surface area contributed by atoms with Crippen LogP contribution in [0.1, 0.15) is 24.2 Å². The maximum atomic E-state index is 13.2. The number of nitrogens with one attached hydrogen (secondary N) is 1. The van der Waals surface area contributed by atoms with Gasteiger partial charge in [0.2, 0.25) is 0 Å². The van der Waals surface area contributed by atoms with E-state index in [0.29, 0.717) is 54.9 Å². The summed E-state index contributed by atoms with van der Waals surface area (Å²) in [7, 11) is 0. The van der Waals surface area contributed by atoms with Gasteiger partial charge in [-0.25, -0.2) is 0 Å². The van der Waals surface area contributed by atoms with Crippen molar-refractivity contribution in [2.75, 3.05) is 49.7 Å². The number of aromatic nitrogens is 4. The molecule has 0 saturated carbocycles. The molecule has 10 nitrogen and oxygen atoms in total. The fourth-order valence-corrected chi connectivity index (χ4v) is 3.57. The number of anilines is 2. The number of carbonyl (C=O) groups is 1. The standard InChI is InChI=1S/C22H26N6O4/c1-3-31-20-14-19(27-9-11-30-12-10-27)21(32-4-2)13-17(20)24-22(29)16-7-5-6-8-18(16)28-15-23-25-26-28/h5-8,13-15H,3-4,9-12H2,1-2H3,(H,24,29). The molecule has 1 amide bonds. The van der Waals surface area contributed by atoms with E-state index in [-0.39, 0.29) is 5.91 Å². The highest BCUT2D eigenvalue weighted by molar-refractivity contribution is 6.07. The molecule has 3 aromatic rings. The number of morpholine rings is 1. The summed E-state index contributed by atoms with van der Waals surface area (Å²) in [6, 6.07) is 10.8. The first-order valence-corrected chi connectivity index (χ1v) is 10.6. The van der Waals surface area contributed by atoms with Crippen LogP contribution in [0.25, 0.3) is 5.69 Å². The smallest absolute Gasteiger partial charge is 0.257 e. The third-order valence-electron chi connectivity index (χ3n) is 5.01. The van der Waals surface area contributed by atoms with Crippen LogP contribution in [0.4, 0.5) is 11.4 Å². The zero-order chi connectivity index (χ0) is 22.3. The lowest BCUT2D eigenvalue weighted by Crippen LogP contribution is -2.36. The molecule has 1 aliphatic rings. The normalized spacial score (nSPS) is 13.6. The van der Waals surface area contributed by atoms with Crippen LogP contribution in [-0.2, 0) is 4.74 Å². The average molecular weight is 438 g/mol. The number of rotatable bonds is 8. The van der Waals surface area contributed by atoms with Crippen LogP contribution in [0, 0.1) is 0 Å². The molecule has 0 spiro atoms. The van der Waals surface area contributed by atoms with Gasteiger partial charge in [-0.1, -0.05) is 12.1 Å². The SMILES string of the molecule is CCOc1cc(N2CCOCC2)c(OCC)cc1NC(=O)c1ccccc1-n1cnnn1. The van der Waals surface area contributed by atoms with Crippen molar-refractivity contribution in [1.29, 1.82) is 0 Å². The second-order valence-electron chi connectivity index (χ2n) is 7.01. The lowest BCUT2D eigenvalue weighted by Gasteiger charge is -2.31. The molecular weight excluding hydrogens is 412 g/mol. The Hall–Kier alpha value is -3.66. The fraction of sp³-hybridized carbons (Fsp3) is 0.364. The highest BCUT2D eigenvalue weighted by Gasteiger charge is 2.21. The predicted octanol–water partition coefficient (Wildman–Crippen LogP) is 2.55. The van der Waals surface area contributed by atoms with Gasteiger partial charge < -0.3 is 24.4 Å². The van der Waals surface area contributed by atoms with E-state index in [4.69, 9.17) is 14.2 Å². The lowest BCUT2D eigenvalue weighted by atomic mass is 10.1. The van der Waals surface area contributed by atoms with Crippen molar-refractivity contribution >= 4 is 17.3 Å². The number of para-hydroxylation sites is 1. The minimum Gasteiger partial charge on any atom is -0.492 e. The van der Waals surface area contributed by atoms with Crippen molar-refractivity contribution in [3.8, 4) is 17.2 Å². The molecule has 0 radical (unpaired) electrons. The molecule has 1 aliphatic heterocycles. The minimum atomic E-state index is -0.307. The highest BCUT2D eigenvalue weighted by atomic mass is 16.5. The van der Waals surface area contributed by atoms with E-state index >= 15 is 0 Å². The number of carbonyl (C=O) groups excluding carboxylic acids is 1. The van der Waals surface area contributed by atoms with Gasteiger partial charge in [-0.05, 0) is 36.4 Å². The zero-order valence-corrected chi connectivity index (χ0v) is 18.2. The number of amides is 1. The fourth-order valence-electron chi connectivity index (χ4n) is 3.57. The molecule has 32 heavy (non-hydrogen) atoms. The number of benzene rings is 2. The Morgan fingerprint density at radius 2 is 1.81 bits per heavy atom. The Morgan fingerprint density at radius 1 is 1.06 bits per heavy atom. The molecule has 2 aromatic carbocycles. The average Bonchev–Trinajstić information content (AvgIpc) is 3.36. The molecule has 10 heteroatoms. The first kappa shape index (κ1) is 21.6. The molecule has 4 rings (SSSR count). The van der Waals surface area contributed by atoms with Crippen LogP contribution in [0.2, 0.25) is 0 Å². The number of tetrazole rings is 1. The number of hydrogen-bond donors (Lipinski definition) is 1. The van der Waals surface area contributed by atoms with Crippen LogP contribution in [0.5, 0.6) is 11.5 Å². The van der Waals surface area contributed by atoms with Crippen LogP contribution in [0.3, 0.4) is 0 Å². The summed E-state index contributed by atoms with van der Waals surface area (Å²) in [4.78, 5) is 15.4. The van der Waals surface area contributed by atoms with E-state index in [1.54, 1.807) is 18.2 Å². The van der Waals surface area contributed by atoms with Gasteiger partial charge in [-0.2, -0.15) is 4.68 Å². The first-order valence-electron chi connectivity index (χ1n) is 10.6. The summed E-state index contributed by atoms with van der Waals surface area (Å²) in [5, 5.41) is 14.2. The Balaban J connectivity index is 1.68. The molecule has 168 valence electrons.